The molecular weight excluding hydrogens is 427 g/mol. The van der Waals surface area contributed by atoms with Crippen LogP contribution in [0.15, 0.2) is 53.7 Å². The number of aromatic nitrogens is 3. The number of nitrogens with zero attached hydrogens (tertiary/aromatic N) is 4. The maximum atomic E-state index is 14.0. The number of methoxy groups -OCH3 is 1. The Kier molecular flexibility index (Phi) is 7.84. The molecule has 3 aromatic rings. The molecule has 0 atom stereocenters. The van der Waals surface area contributed by atoms with Crippen molar-refractivity contribution < 1.29 is 13.9 Å². The number of thioether (sulfide) groups is 1. The number of hydrogen-bond acceptors (Lipinski definition) is 5. The molecule has 30 heavy (non-hydrogen) atoms. The molecule has 9 heteroatoms. The Bertz CT molecular complexity index is 980. The fraction of sp³-hybridized carbons (Fsp3) is 0.286. The maximum absolute atomic E-state index is 14.0. The minimum Gasteiger partial charge on any atom is -0.383 e. The molecule has 1 aromatic heterocycles. The summed E-state index contributed by atoms with van der Waals surface area (Å²) in [5, 5.41) is 9.48. The van der Waals surface area contributed by atoms with E-state index in [2.05, 4.69) is 10.2 Å². The Morgan fingerprint density at radius 3 is 2.67 bits per heavy atom. The van der Waals surface area contributed by atoms with E-state index in [1.165, 1.54) is 28.8 Å². The zero-order valence-corrected chi connectivity index (χ0v) is 18.3. The molecule has 0 aliphatic heterocycles. The molecular formula is C21H22ClFN4O2S. The second-order valence-electron chi connectivity index (χ2n) is 6.56. The van der Waals surface area contributed by atoms with Gasteiger partial charge >= 0.3 is 0 Å². The van der Waals surface area contributed by atoms with Gasteiger partial charge in [0.2, 0.25) is 5.91 Å². The fourth-order valence-electron chi connectivity index (χ4n) is 2.83. The van der Waals surface area contributed by atoms with Crippen LogP contribution in [0.3, 0.4) is 0 Å². The van der Waals surface area contributed by atoms with Gasteiger partial charge in [0.15, 0.2) is 11.0 Å². The van der Waals surface area contributed by atoms with Crippen molar-refractivity contribution in [1.82, 2.24) is 19.7 Å². The van der Waals surface area contributed by atoms with Gasteiger partial charge in [-0.25, -0.2) is 4.39 Å². The first kappa shape index (κ1) is 22.3. The second-order valence-corrected chi connectivity index (χ2v) is 7.91. The molecule has 0 fully saturated rings. The lowest BCUT2D eigenvalue weighted by Crippen LogP contribution is -2.28. The summed E-state index contributed by atoms with van der Waals surface area (Å²) in [7, 11) is 3.25. The topological polar surface area (TPSA) is 60.2 Å². The van der Waals surface area contributed by atoms with Crippen LogP contribution in [0.1, 0.15) is 5.56 Å². The number of benzene rings is 2. The molecule has 0 N–H and O–H groups in total. The third-order valence-electron chi connectivity index (χ3n) is 4.48. The normalized spacial score (nSPS) is 10.9. The zero-order chi connectivity index (χ0) is 21.5. The minimum atomic E-state index is -0.429. The Hall–Kier alpha value is -2.42. The van der Waals surface area contributed by atoms with Crippen LogP contribution in [0.25, 0.3) is 11.4 Å². The number of ether oxygens (including phenoxy) is 1. The molecule has 0 saturated heterocycles. The van der Waals surface area contributed by atoms with Gasteiger partial charge in [0.1, 0.15) is 5.82 Å². The summed E-state index contributed by atoms with van der Waals surface area (Å²) >= 11 is 7.35. The predicted molar refractivity (Wildman–Crippen MR) is 116 cm³/mol. The van der Waals surface area contributed by atoms with E-state index in [-0.39, 0.29) is 18.2 Å². The molecule has 0 aliphatic carbocycles. The molecule has 0 saturated carbocycles. The lowest BCUT2D eigenvalue weighted by molar-refractivity contribution is -0.127. The Balaban J connectivity index is 1.70. The number of hydrogen-bond donors (Lipinski definition) is 0. The number of halogens is 2. The molecule has 158 valence electrons. The number of carbonyl (C=O) groups is 1. The zero-order valence-electron chi connectivity index (χ0n) is 16.7. The van der Waals surface area contributed by atoms with E-state index in [0.29, 0.717) is 34.7 Å². The van der Waals surface area contributed by atoms with Gasteiger partial charge in [-0.15, -0.1) is 10.2 Å². The van der Waals surface area contributed by atoms with Gasteiger partial charge in [0.25, 0.3) is 0 Å². The largest absolute Gasteiger partial charge is 0.383 e. The van der Waals surface area contributed by atoms with E-state index in [0.717, 1.165) is 5.56 Å². The van der Waals surface area contributed by atoms with Crippen molar-refractivity contribution in [3.63, 3.8) is 0 Å². The van der Waals surface area contributed by atoms with E-state index in [9.17, 15) is 9.18 Å². The fourth-order valence-corrected chi connectivity index (χ4v) is 3.95. The van der Waals surface area contributed by atoms with Crippen LogP contribution >= 0.6 is 23.4 Å². The van der Waals surface area contributed by atoms with Crippen LogP contribution < -0.4 is 0 Å². The Morgan fingerprint density at radius 1 is 1.20 bits per heavy atom. The highest BCUT2D eigenvalue weighted by molar-refractivity contribution is 7.99. The van der Waals surface area contributed by atoms with Crippen LogP contribution in [-0.4, -0.2) is 52.1 Å². The summed E-state index contributed by atoms with van der Waals surface area (Å²) in [6, 6.07) is 14.2. The standard InChI is InChI=1S/C21H22ClFN4O2S/c1-26(13-16-17(22)9-6-10-18(16)23)19(28)14-30-21-25-24-20(27(21)11-12-29-2)15-7-4-3-5-8-15/h3-10H,11-14H2,1-2H3. The van der Waals surface area contributed by atoms with Crippen molar-refractivity contribution in [2.24, 2.45) is 0 Å². The van der Waals surface area contributed by atoms with Crippen LogP contribution in [-0.2, 0) is 22.6 Å². The molecule has 0 spiro atoms. The highest BCUT2D eigenvalue weighted by Crippen LogP contribution is 2.25. The van der Waals surface area contributed by atoms with Gasteiger partial charge in [0, 0.05) is 36.9 Å². The summed E-state index contributed by atoms with van der Waals surface area (Å²) in [5.41, 5.74) is 1.24. The first-order valence-corrected chi connectivity index (χ1v) is 10.6. The molecule has 2 aromatic carbocycles. The Labute approximate surface area is 184 Å². The van der Waals surface area contributed by atoms with Crippen molar-refractivity contribution in [3.05, 3.63) is 64.9 Å². The maximum Gasteiger partial charge on any atom is 0.233 e. The van der Waals surface area contributed by atoms with Crippen molar-refractivity contribution in [2.75, 3.05) is 26.5 Å². The van der Waals surface area contributed by atoms with Gasteiger partial charge < -0.3 is 9.64 Å². The van der Waals surface area contributed by atoms with Gasteiger partial charge in [-0.3, -0.25) is 9.36 Å². The molecule has 1 heterocycles. The van der Waals surface area contributed by atoms with Crippen LogP contribution in [0, 0.1) is 5.82 Å². The lowest BCUT2D eigenvalue weighted by atomic mass is 10.2. The highest BCUT2D eigenvalue weighted by atomic mass is 35.5. The van der Waals surface area contributed by atoms with E-state index >= 15 is 0 Å². The quantitative estimate of drug-likeness (QED) is 0.460. The number of rotatable bonds is 9. The molecule has 1 amide bonds. The SMILES string of the molecule is COCCn1c(SCC(=O)N(C)Cc2c(F)cccc2Cl)nnc1-c1ccccc1. The van der Waals surface area contributed by atoms with Gasteiger partial charge in [-0.2, -0.15) is 0 Å². The Morgan fingerprint density at radius 2 is 1.97 bits per heavy atom. The average molecular weight is 449 g/mol. The summed E-state index contributed by atoms with van der Waals surface area (Å²) in [6.07, 6.45) is 0. The smallest absolute Gasteiger partial charge is 0.233 e. The first-order valence-electron chi connectivity index (χ1n) is 9.28. The highest BCUT2D eigenvalue weighted by Gasteiger charge is 2.18. The van der Waals surface area contributed by atoms with Crippen LogP contribution in [0.5, 0.6) is 0 Å². The summed E-state index contributed by atoms with van der Waals surface area (Å²) in [6.45, 7) is 1.15. The summed E-state index contributed by atoms with van der Waals surface area (Å²) in [4.78, 5) is 14.1. The lowest BCUT2D eigenvalue weighted by Gasteiger charge is -2.18. The van der Waals surface area contributed by atoms with Crippen molar-refractivity contribution in [1.29, 1.82) is 0 Å². The molecule has 0 radical (unpaired) electrons. The van der Waals surface area contributed by atoms with E-state index in [1.54, 1.807) is 20.2 Å². The second kappa shape index (κ2) is 10.6. The number of amides is 1. The van der Waals surface area contributed by atoms with Crippen molar-refractivity contribution >= 4 is 29.3 Å². The third kappa shape index (κ3) is 5.38. The molecule has 0 bridgehead atoms. The van der Waals surface area contributed by atoms with Gasteiger partial charge in [-0.1, -0.05) is 59.8 Å². The van der Waals surface area contributed by atoms with E-state index in [4.69, 9.17) is 16.3 Å². The van der Waals surface area contributed by atoms with E-state index < -0.39 is 5.82 Å². The summed E-state index contributed by atoms with van der Waals surface area (Å²) < 4.78 is 21.1. The first-order chi connectivity index (χ1) is 14.5. The molecule has 0 aliphatic rings. The monoisotopic (exact) mass is 448 g/mol. The molecule has 3 rings (SSSR count). The van der Waals surface area contributed by atoms with Crippen LogP contribution in [0.2, 0.25) is 5.02 Å². The number of carbonyl (C=O) groups excluding carboxylic acids is 1. The minimum absolute atomic E-state index is 0.0938. The van der Waals surface area contributed by atoms with Gasteiger partial charge in [0.05, 0.1) is 18.9 Å². The summed E-state index contributed by atoms with van der Waals surface area (Å²) in [5.74, 6) is 0.264. The third-order valence-corrected chi connectivity index (χ3v) is 5.78. The molecule has 6 nitrogen and oxygen atoms in total. The van der Waals surface area contributed by atoms with Gasteiger partial charge in [-0.05, 0) is 12.1 Å². The van der Waals surface area contributed by atoms with E-state index in [1.807, 2.05) is 34.9 Å². The van der Waals surface area contributed by atoms with Crippen LogP contribution in [0.4, 0.5) is 4.39 Å². The predicted octanol–water partition coefficient (Wildman–Crippen LogP) is 4.13. The van der Waals surface area contributed by atoms with Crippen molar-refractivity contribution in [2.45, 2.75) is 18.2 Å². The average Bonchev–Trinajstić information content (AvgIpc) is 3.16. The molecule has 0 unspecified atom stereocenters. The van der Waals surface area contributed by atoms with Crippen molar-refractivity contribution in [3.8, 4) is 11.4 Å².